The van der Waals surface area contributed by atoms with Gasteiger partial charge in [0.05, 0.1) is 5.69 Å². The predicted octanol–water partition coefficient (Wildman–Crippen LogP) is 2.63. The molecule has 1 saturated heterocycles. The van der Waals surface area contributed by atoms with Crippen molar-refractivity contribution in [3.8, 4) is 0 Å². The van der Waals surface area contributed by atoms with Crippen LogP contribution in [0, 0.1) is 5.92 Å². The van der Waals surface area contributed by atoms with Gasteiger partial charge in [0.25, 0.3) is 0 Å². The fraction of sp³-hybridized carbons (Fsp3) is 0.769. The second-order valence-electron chi connectivity index (χ2n) is 5.28. The number of thiazole rings is 1. The molecule has 0 amide bonds. The molecule has 2 fully saturated rings. The molecule has 1 N–H and O–H groups in total. The molecule has 2 atom stereocenters. The summed E-state index contributed by atoms with van der Waals surface area (Å²) in [6.45, 7) is 5.45. The van der Waals surface area contributed by atoms with Gasteiger partial charge >= 0.3 is 0 Å². The van der Waals surface area contributed by atoms with E-state index < -0.39 is 0 Å². The van der Waals surface area contributed by atoms with Crippen molar-refractivity contribution in [3.63, 3.8) is 0 Å². The van der Waals surface area contributed by atoms with E-state index >= 15 is 0 Å². The van der Waals surface area contributed by atoms with Crippen molar-refractivity contribution in [1.82, 2.24) is 10.3 Å². The van der Waals surface area contributed by atoms with E-state index in [-0.39, 0.29) is 0 Å². The van der Waals surface area contributed by atoms with Gasteiger partial charge in [-0.05, 0) is 38.1 Å². The van der Waals surface area contributed by atoms with Crippen LogP contribution in [0.2, 0.25) is 0 Å². The van der Waals surface area contributed by atoms with Crippen LogP contribution in [0.1, 0.15) is 38.3 Å². The molecule has 0 spiro atoms. The van der Waals surface area contributed by atoms with Gasteiger partial charge in [0.2, 0.25) is 0 Å². The van der Waals surface area contributed by atoms with Crippen LogP contribution in [-0.2, 0) is 6.54 Å². The maximum atomic E-state index is 4.76. The molecular formula is C13H21N3S. The van der Waals surface area contributed by atoms with Crippen molar-refractivity contribution in [1.29, 1.82) is 0 Å². The van der Waals surface area contributed by atoms with E-state index in [1.54, 1.807) is 0 Å². The molecule has 1 aliphatic heterocycles. The number of anilines is 1. The summed E-state index contributed by atoms with van der Waals surface area (Å²) in [7, 11) is 0. The lowest BCUT2D eigenvalue weighted by Crippen LogP contribution is -2.31. The molecule has 0 aromatic carbocycles. The monoisotopic (exact) mass is 251 g/mol. The van der Waals surface area contributed by atoms with Gasteiger partial charge in [-0.3, -0.25) is 0 Å². The number of piperidine rings is 1. The Kier molecular flexibility index (Phi) is 3.34. The van der Waals surface area contributed by atoms with E-state index in [0.29, 0.717) is 0 Å². The number of fused-ring (bicyclic) bond motifs is 2. The summed E-state index contributed by atoms with van der Waals surface area (Å²) in [6, 6.07) is 0.794. The minimum atomic E-state index is 0.794. The Labute approximate surface area is 107 Å². The highest BCUT2D eigenvalue weighted by Crippen LogP contribution is 2.40. The van der Waals surface area contributed by atoms with Crippen molar-refractivity contribution in [2.24, 2.45) is 5.92 Å². The summed E-state index contributed by atoms with van der Waals surface area (Å²) < 4.78 is 0. The van der Waals surface area contributed by atoms with Crippen LogP contribution >= 0.6 is 11.3 Å². The molecule has 4 heteroatoms. The third-order valence-corrected chi connectivity index (χ3v) is 4.85. The van der Waals surface area contributed by atoms with E-state index in [1.807, 2.05) is 11.3 Å². The Morgan fingerprint density at radius 3 is 3.18 bits per heavy atom. The fourth-order valence-electron chi connectivity index (χ4n) is 3.06. The molecule has 2 bridgehead atoms. The second kappa shape index (κ2) is 4.94. The van der Waals surface area contributed by atoms with Crippen molar-refractivity contribution in [2.75, 3.05) is 18.0 Å². The van der Waals surface area contributed by atoms with Gasteiger partial charge in [0.15, 0.2) is 5.13 Å². The maximum Gasteiger partial charge on any atom is 0.185 e. The third-order valence-electron chi connectivity index (χ3n) is 3.93. The minimum absolute atomic E-state index is 0.794. The van der Waals surface area contributed by atoms with Gasteiger partial charge in [-0.15, -0.1) is 11.3 Å². The van der Waals surface area contributed by atoms with Crippen LogP contribution in [-0.4, -0.2) is 24.1 Å². The Morgan fingerprint density at radius 1 is 1.53 bits per heavy atom. The smallest absolute Gasteiger partial charge is 0.185 e. The SMILES string of the molecule is CCCNCc1csc(N2CC3CCC2C3)n1. The Hall–Kier alpha value is -0.610. The van der Waals surface area contributed by atoms with Gasteiger partial charge in [0.1, 0.15) is 0 Å². The van der Waals surface area contributed by atoms with E-state index in [0.717, 1.165) is 25.0 Å². The Bertz CT molecular complexity index is 376. The first kappa shape index (κ1) is 11.5. The van der Waals surface area contributed by atoms with E-state index in [4.69, 9.17) is 4.98 Å². The molecular weight excluding hydrogens is 230 g/mol. The van der Waals surface area contributed by atoms with Crippen molar-refractivity contribution >= 4 is 16.5 Å². The van der Waals surface area contributed by atoms with Crippen LogP contribution in [0.5, 0.6) is 0 Å². The lowest BCUT2D eigenvalue weighted by Gasteiger charge is -2.26. The summed E-state index contributed by atoms with van der Waals surface area (Å²) in [6.07, 6.45) is 5.42. The van der Waals surface area contributed by atoms with E-state index in [1.165, 1.54) is 43.1 Å². The van der Waals surface area contributed by atoms with Gasteiger partial charge in [-0.2, -0.15) is 0 Å². The fourth-order valence-corrected chi connectivity index (χ4v) is 3.97. The van der Waals surface area contributed by atoms with Gasteiger partial charge in [0, 0.05) is 24.5 Å². The van der Waals surface area contributed by atoms with Crippen LogP contribution in [0.3, 0.4) is 0 Å². The zero-order valence-corrected chi connectivity index (χ0v) is 11.3. The Morgan fingerprint density at radius 2 is 2.47 bits per heavy atom. The third kappa shape index (κ3) is 2.33. The number of hydrogen-bond acceptors (Lipinski definition) is 4. The molecule has 3 nitrogen and oxygen atoms in total. The standard InChI is InChI=1S/C13H21N3S/c1-2-5-14-7-11-9-17-13(15-11)16-8-10-3-4-12(16)6-10/h9-10,12,14H,2-8H2,1H3. The average molecular weight is 251 g/mol. The highest BCUT2D eigenvalue weighted by Gasteiger charge is 2.38. The summed E-state index contributed by atoms with van der Waals surface area (Å²) in [5, 5.41) is 6.88. The summed E-state index contributed by atoms with van der Waals surface area (Å²) in [4.78, 5) is 7.31. The molecule has 1 saturated carbocycles. The number of aromatic nitrogens is 1. The molecule has 1 aromatic rings. The molecule has 1 aliphatic carbocycles. The van der Waals surface area contributed by atoms with Crippen LogP contribution < -0.4 is 10.2 Å². The zero-order valence-electron chi connectivity index (χ0n) is 10.5. The first-order valence-corrected chi connectivity index (χ1v) is 7.66. The Balaban J connectivity index is 1.60. The molecule has 17 heavy (non-hydrogen) atoms. The summed E-state index contributed by atoms with van der Waals surface area (Å²) in [5.74, 6) is 0.950. The normalized spacial score (nSPS) is 27.0. The van der Waals surface area contributed by atoms with Crippen LogP contribution in [0.4, 0.5) is 5.13 Å². The number of hydrogen-bond donors (Lipinski definition) is 1. The molecule has 94 valence electrons. The van der Waals surface area contributed by atoms with Crippen molar-refractivity contribution in [3.05, 3.63) is 11.1 Å². The topological polar surface area (TPSA) is 28.2 Å². The number of nitrogens with one attached hydrogen (secondary N) is 1. The molecule has 2 aliphatic rings. The predicted molar refractivity (Wildman–Crippen MR) is 72.6 cm³/mol. The van der Waals surface area contributed by atoms with Crippen LogP contribution in [0.15, 0.2) is 5.38 Å². The average Bonchev–Trinajstić information content (AvgIpc) is 3.04. The van der Waals surface area contributed by atoms with Gasteiger partial charge < -0.3 is 10.2 Å². The van der Waals surface area contributed by atoms with Crippen molar-refractivity contribution < 1.29 is 0 Å². The lowest BCUT2D eigenvalue weighted by molar-refractivity contribution is 0.552. The molecule has 2 heterocycles. The highest BCUT2D eigenvalue weighted by molar-refractivity contribution is 7.13. The van der Waals surface area contributed by atoms with Crippen LogP contribution in [0.25, 0.3) is 0 Å². The molecule has 2 unspecified atom stereocenters. The molecule has 3 rings (SSSR count). The van der Waals surface area contributed by atoms with Gasteiger partial charge in [-0.25, -0.2) is 4.98 Å². The second-order valence-corrected chi connectivity index (χ2v) is 6.12. The number of nitrogens with zero attached hydrogens (tertiary/aromatic N) is 2. The largest absolute Gasteiger partial charge is 0.345 e. The zero-order chi connectivity index (χ0) is 11.7. The summed E-state index contributed by atoms with van der Waals surface area (Å²) >= 11 is 1.82. The first-order chi connectivity index (χ1) is 8.36. The van der Waals surface area contributed by atoms with Crippen molar-refractivity contribution in [2.45, 2.75) is 45.2 Å². The van der Waals surface area contributed by atoms with Gasteiger partial charge in [-0.1, -0.05) is 6.92 Å². The summed E-state index contributed by atoms with van der Waals surface area (Å²) in [5.41, 5.74) is 1.21. The molecule has 0 radical (unpaired) electrons. The lowest BCUT2D eigenvalue weighted by atomic mass is 10.1. The minimum Gasteiger partial charge on any atom is -0.345 e. The first-order valence-electron chi connectivity index (χ1n) is 6.78. The number of rotatable bonds is 5. The highest BCUT2D eigenvalue weighted by atomic mass is 32.1. The van der Waals surface area contributed by atoms with E-state index in [2.05, 4.69) is 22.5 Å². The quantitative estimate of drug-likeness (QED) is 0.815. The molecule has 1 aromatic heterocycles. The van der Waals surface area contributed by atoms with E-state index in [9.17, 15) is 0 Å². The maximum absolute atomic E-state index is 4.76.